The number of rotatable bonds is 10. The molecule has 0 unspecified atom stereocenters. The van der Waals surface area contributed by atoms with Crippen molar-refractivity contribution in [2.45, 2.75) is 32.2 Å². The second-order valence-electron chi connectivity index (χ2n) is 9.00. The summed E-state index contributed by atoms with van der Waals surface area (Å²) in [5.74, 6) is -1.04. The Kier molecular flexibility index (Phi) is 10.5. The van der Waals surface area contributed by atoms with Crippen molar-refractivity contribution in [2.75, 3.05) is 12.0 Å². The van der Waals surface area contributed by atoms with E-state index in [9.17, 15) is 14.7 Å². The van der Waals surface area contributed by atoms with Gasteiger partial charge in [0.25, 0.3) is 5.91 Å². The van der Waals surface area contributed by atoms with Gasteiger partial charge < -0.3 is 15.2 Å². The second kappa shape index (κ2) is 13.5. The molecule has 4 aromatic rings. The van der Waals surface area contributed by atoms with Crippen LogP contribution in [0.1, 0.15) is 33.5 Å². The van der Waals surface area contributed by atoms with Gasteiger partial charge in [0, 0.05) is 5.56 Å². The minimum absolute atomic E-state index is 0. The predicted molar refractivity (Wildman–Crippen MR) is 147 cm³/mol. The van der Waals surface area contributed by atoms with E-state index in [2.05, 4.69) is 47.8 Å². The molecule has 0 fully saturated rings. The molecule has 0 saturated carbocycles. The summed E-state index contributed by atoms with van der Waals surface area (Å²) >= 11 is 1.54. The van der Waals surface area contributed by atoms with Gasteiger partial charge in [-0.25, -0.2) is 0 Å². The summed E-state index contributed by atoms with van der Waals surface area (Å²) in [5.41, 5.74) is 5.68. The Labute approximate surface area is 235 Å². The third-order valence-corrected chi connectivity index (χ3v) is 7.12. The standard InChI is InChI=1S/C31H31NO3S.Li/c1-21-7-3-6-10-26(21)28-20-23(12-11-22-13-15-24-8-4-5-9-25(24)19-22)14-16-27(28)30(33)32-29(31(34)35)17-18-36-2;/h3-10,13-16,19-20,29H,11-12,17-18H2,1-2H3,(H,32,33)(H,34,35);/q;+1/p-1/t29-;/m0./s1. The Morgan fingerprint density at radius 3 is 2.19 bits per heavy atom. The number of aryl methyl sites for hydroxylation is 3. The largest absolute Gasteiger partial charge is 1.00 e. The summed E-state index contributed by atoms with van der Waals surface area (Å²) in [6.07, 6.45) is 3.93. The van der Waals surface area contributed by atoms with Crippen LogP contribution in [-0.2, 0) is 17.6 Å². The summed E-state index contributed by atoms with van der Waals surface area (Å²) in [4.78, 5) is 24.8. The first-order valence-corrected chi connectivity index (χ1v) is 13.5. The smallest absolute Gasteiger partial charge is 0.548 e. The SMILES string of the molecule is CSCC[C@H](NC(=O)c1ccc(CCc2ccc3ccccc3c2)cc1-c1ccccc1C)C(=O)[O-].[Li+]. The van der Waals surface area contributed by atoms with E-state index in [1.165, 1.54) is 28.1 Å². The van der Waals surface area contributed by atoms with E-state index in [0.29, 0.717) is 17.7 Å². The maximum Gasteiger partial charge on any atom is 1.00 e. The van der Waals surface area contributed by atoms with Crippen LogP contribution in [0.4, 0.5) is 0 Å². The van der Waals surface area contributed by atoms with Gasteiger partial charge in [-0.2, -0.15) is 11.8 Å². The minimum atomic E-state index is -1.26. The van der Waals surface area contributed by atoms with E-state index in [0.717, 1.165) is 35.1 Å². The van der Waals surface area contributed by atoms with Crippen molar-refractivity contribution >= 4 is 34.4 Å². The van der Waals surface area contributed by atoms with Gasteiger partial charge in [-0.15, -0.1) is 0 Å². The number of nitrogens with one attached hydrogen (secondary N) is 1. The van der Waals surface area contributed by atoms with Gasteiger partial charge in [0.05, 0.1) is 12.0 Å². The van der Waals surface area contributed by atoms with Crippen molar-refractivity contribution in [3.8, 4) is 11.1 Å². The molecule has 0 aliphatic rings. The molecule has 0 bridgehead atoms. The zero-order chi connectivity index (χ0) is 25.5. The first kappa shape index (κ1) is 28.6. The van der Waals surface area contributed by atoms with Crippen LogP contribution in [0.2, 0.25) is 0 Å². The summed E-state index contributed by atoms with van der Waals surface area (Å²) in [5, 5.41) is 16.7. The van der Waals surface area contributed by atoms with Crippen LogP contribution < -0.4 is 29.3 Å². The number of hydrogen-bond acceptors (Lipinski definition) is 4. The van der Waals surface area contributed by atoms with E-state index in [1.807, 2.05) is 55.6 Å². The van der Waals surface area contributed by atoms with Crippen molar-refractivity contribution in [1.29, 1.82) is 0 Å². The molecule has 1 atom stereocenters. The maximum atomic E-state index is 13.2. The Balaban J connectivity index is 0.00000380. The van der Waals surface area contributed by atoms with E-state index < -0.39 is 17.9 Å². The molecule has 1 amide bonds. The molecule has 0 saturated heterocycles. The molecule has 0 radical (unpaired) electrons. The fraction of sp³-hybridized carbons (Fsp3) is 0.226. The molecule has 0 spiro atoms. The molecule has 4 rings (SSSR count). The molecule has 4 nitrogen and oxygen atoms in total. The van der Waals surface area contributed by atoms with Crippen molar-refractivity contribution in [2.24, 2.45) is 0 Å². The summed E-state index contributed by atoms with van der Waals surface area (Å²) < 4.78 is 0. The van der Waals surface area contributed by atoms with Crippen LogP contribution in [0.5, 0.6) is 0 Å². The Morgan fingerprint density at radius 2 is 1.49 bits per heavy atom. The topological polar surface area (TPSA) is 69.2 Å². The number of aliphatic carboxylic acids is 1. The van der Waals surface area contributed by atoms with Crippen LogP contribution in [0.25, 0.3) is 21.9 Å². The predicted octanol–water partition coefficient (Wildman–Crippen LogP) is 2.21. The van der Waals surface area contributed by atoms with Crippen molar-refractivity contribution in [3.05, 3.63) is 107 Å². The Morgan fingerprint density at radius 1 is 0.838 bits per heavy atom. The number of amides is 1. The molecular weight excluding hydrogens is 473 g/mol. The minimum Gasteiger partial charge on any atom is -0.548 e. The summed E-state index contributed by atoms with van der Waals surface area (Å²) in [6.45, 7) is 2.02. The quantitative estimate of drug-likeness (QED) is 0.337. The van der Waals surface area contributed by atoms with Crippen LogP contribution in [-0.4, -0.2) is 29.9 Å². The van der Waals surface area contributed by atoms with Crippen molar-refractivity contribution in [1.82, 2.24) is 5.32 Å². The number of carboxylic acids is 1. The summed E-state index contributed by atoms with van der Waals surface area (Å²) in [7, 11) is 0. The van der Waals surface area contributed by atoms with Gasteiger partial charge in [-0.1, -0.05) is 78.9 Å². The van der Waals surface area contributed by atoms with Gasteiger partial charge in [-0.05, 0) is 82.9 Å². The molecule has 184 valence electrons. The van der Waals surface area contributed by atoms with Crippen molar-refractivity contribution < 1.29 is 33.6 Å². The molecule has 0 aliphatic heterocycles. The molecule has 4 aromatic carbocycles. The van der Waals surface area contributed by atoms with Gasteiger partial charge in [0.15, 0.2) is 0 Å². The third kappa shape index (κ3) is 7.29. The van der Waals surface area contributed by atoms with Gasteiger partial charge in [0.1, 0.15) is 0 Å². The molecule has 1 N–H and O–H groups in total. The van der Waals surface area contributed by atoms with Gasteiger partial charge in [-0.3, -0.25) is 4.79 Å². The fourth-order valence-corrected chi connectivity index (χ4v) is 4.92. The first-order chi connectivity index (χ1) is 17.5. The normalized spacial score (nSPS) is 11.5. The van der Waals surface area contributed by atoms with Crippen molar-refractivity contribution in [3.63, 3.8) is 0 Å². The Hall–Kier alpha value is -2.97. The first-order valence-electron chi connectivity index (χ1n) is 12.1. The second-order valence-corrected chi connectivity index (χ2v) is 9.99. The number of hydrogen-bond donors (Lipinski definition) is 1. The van der Waals surface area contributed by atoms with Crippen LogP contribution in [0.15, 0.2) is 84.9 Å². The zero-order valence-electron chi connectivity index (χ0n) is 21.6. The monoisotopic (exact) mass is 503 g/mol. The van der Waals surface area contributed by atoms with E-state index in [4.69, 9.17) is 0 Å². The molecule has 0 heterocycles. The van der Waals surface area contributed by atoms with Crippen LogP contribution >= 0.6 is 11.8 Å². The molecule has 0 aliphatic carbocycles. The van der Waals surface area contributed by atoms with Gasteiger partial charge in [0.2, 0.25) is 0 Å². The molecule has 6 heteroatoms. The van der Waals surface area contributed by atoms with E-state index >= 15 is 0 Å². The number of thioether (sulfide) groups is 1. The number of benzene rings is 4. The van der Waals surface area contributed by atoms with Gasteiger partial charge >= 0.3 is 18.9 Å². The number of carboxylic acid groups (broad SMARTS) is 1. The average molecular weight is 504 g/mol. The molecular formula is C31H30LiNO3S. The molecule has 0 aromatic heterocycles. The molecule has 37 heavy (non-hydrogen) atoms. The fourth-order valence-electron chi connectivity index (χ4n) is 4.45. The number of fused-ring (bicyclic) bond motifs is 1. The maximum absolute atomic E-state index is 13.2. The third-order valence-electron chi connectivity index (χ3n) is 6.48. The van der Waals surface area contributed by atoms with Crippen LogP contribution in [0.3, 0.4) is 0 Å². The van der Waals surface area contributed by atoms with E-state index in [-0.39, 0.29) is 18.9 Å². The Bertz CT molecular complexity index is 1390. The zero-order valence-corrected chi connectivity index (χ0v) is 22.4. The number of carbonyl (C=O) groups excluding carboxylic acids is 2. The summed E-state index contributed by atoms with van der Waals surface area (Å²) in [6, 6.07) is 27.6. The number of carbonyl (C=O) groups is 2. The van der Waals surface area contributed by atoms with Crippen LogP contribution in [0, 0.1) is 6.92 Å². The van der Waals surface area contributed by atoms with E-state index in [1.54, 1.807) is 0 Å². The average Bonchev–Trinajstić information content (AvgIpc) is 2.89.